The molecule has 0 fully saturated rings. The minimum atomic E-state index is 0.295. The van der Waals surface area contributed by atoms with Gasteiger partial charge in [-0.3, -0.25) is 0 Å². The van der Waals surface area contributed by atoms with E-state index in [2.05, 4.69) is 58.1 Å². The van der Waals surface area contributed by atoms with E-state index in [1.165, 1.54) is 41.6 Å². The van der Waals surface area contributed by atoms with Crippen LogP contribution >= 0.6 is 0 Å². The zero-order valence-electron chi connectivity index (χ0n) is 14.4. The summed E-state index contributed by atoms with van der Waals surface area (Å²) in [5.74, 6) is 0. The van der Waals surface area contributed by atoms with Gasteiger partial charge < -0.3 is 4.79 Å². The Morgan fingerprint density at radius 2 is 2.09 bits per heavy atom. The van der Waals surface area contributed by atoms with Crippen molar-refractivity contribution in [3.05, 3.63) is 58.2 Å². The number of hydrogen-bond acceptors (Lipinski definition) is 1. The van der Waals surface area contributed by atoms with Crippen LogP contribution in [-0.4, -0.2) is 6.29 Å². The standard InChI is InChI=1S/C21H28O/c1-16(19-10-8-18(9-11-19)13-15-22)7-12-20-17(2)6-5-14-21(20,3)4/h7-10,12,15H,5-6,11,13-14H2,1-4H3/b12-7+,19-16?. The molecule has 0 amide bonds. The van der Waals surface area contributed by atoms with Crippen molar-refractivity contribution in [1.82, 2.24) is 0 Å². The molecule has 2 aliphatic carbocycles. The van der Waals surface area contributed by atoms with E-state index in [-0.39, 0.29) is 0 Å². The summed E-state index contributed by atoms with van der Waals surface area (Å²) in [7, 11) is 0. The number of carbonyl (C=O) groups excluding carboxylic acids is 1. The fourth-order valence-electron chi connectivity index (χ4n) is 3.45. The van der Waals surface area contributed by atoms with Crippen LogP contribution in [0.4, 0.5) is 0 Å². The van der Waals surface area contributed by atoms with Crippen molar-refractivity contribution >= 4 is 6.29 Å². The van der Waals surface area contributed by atoms with Gasteiger partial charge in [-0.25, -0.2) is 0 Å². The Bertz CT molecular complexity index is 591. The molecular formula is C21H28O. The van der Waals surface area contributed by atoms with E-state index in [4.69, 9.17) is 0 Å². The van der Waals surface area contributed by atoms with Gasteiger partial charge in [0.2, 0.25) is 0 Å². The van der Waals surface area contributed by atoms with E-state index in [1.54, 1.807) is 0 Å². The molecule has 0 aliphatic heterocycles. The molecular weight excluding hydrogens is 268 g/mol. The molecule has 0 spiro atoms. The second kappa shape index (κ2) is 7.09. The third kappa shape index (κ3) is 3.97. The van der Waals surface area contributed by atoms with E-state index in [1.807, 2.05) is 0 Å². The lowest BCUT2D eigenvalue weighted by molar-refractivity contribution is -0.107. The average molecular weight is 296 g/mol. The Kier molecular flexibility index (Phi) is 5.39. The highest BCUT2D eigenvalue weighted by molar-refractivity contribution is 5.57. The highest BCUT2D eigenvalue weighted by Gasteiger charge is 2.26. The Morgan fingerprint density at radius 3 is 2.68 bits per heavy atom. The van der Waals surface area contributed by atoms with Crippen molar-refractivity contribution < 1.29 is 4.79 Å². The van der Waals surface area contributed by atoms with Crippen molar-refractivity contribution in [2.24, 2.45) is 5.41 Å². The number of carbonyl (C=O) groups is 1. The maximum Gasteiger partial charge on any atom is 0.124 e. The van der Waals surface area contributed by atoms with E-state index in [0.717, 1.165) is 18.3 Å². The Morgan fingerprint density at radius 1 is 1.32 bits per heavy atom. The summed E-state index contributed by atoms with van der Waals surface area (Å²) in [5.41, 5.74) is 7.14. The average Bonchev–Trinajstić information content (AvgIpc) is 2.47. The molecule has 0 saturated carbocycles. The maximum absolute atomic E-state index is 10.6. The molecule has 0 bridgehead atoms. The smallest absolute Gasteiger partial charge is 0.124 e. The number of rotatable bonds is 4. The van der Waals surface area contributed by atoms with E-state index in [9.17, 15) is 4.79 Å². The normalized spacial score (nSPS) is 23.7. The molecule has 0 heterocycles. The third-order valence-corrected chi connectivity index (χ3v) is 4.95. The summed E-state index contributed by atoms with van der Waals surface area (Å²) in [6, 6.07) is 0. The summed E-state index contributed by atoms with van der Waals surface area (Å²) in [4.78, 5) is 10.6. The molecule has 0 radical (unpaired) electrons. The molecule has 22 heavy (non-hydrogen) atoms. The minimum absolute atomic E-state index is 0.295. The van der Waals surface area contributed by atoms with Crippen LogP contribution < -0.4 is 0 Å². The van der Waals surface area contributed by atoms with Gasteiger partial charge in [0.15, 0.2) is 0 Å². The molecule has 0 aromatic heterocycles. The van der Waals surface area contributed by atoms with Crippen molar-refractivity contribution in [2.75, 3.05) is 0 Å². The first-order valence-corrected chi connectivity index (χ1v) is 8.33. The summed E-state index contributed by atoms with van der Waals surface area (Å²) in [6.07, 6.45) is 17.2. The number of aldehydes is 1. The maximum atomic E-state index is 10.6. The van der Waals surface area contributed by atoms with Gasteiger partial charge in [-0.15, -0.1) is 0 Å². The molecule has 118 valence electrons. The molecule has 0 aromatic carbocycles. The zero-order valence-corrected chi connectivity index (χ0v) is 14.4. The van der Waals surface area contributed by atoms with Gasteiger partial charge in [0.25, 0.3) is 0 Å². The van der Waals surface area contributed by atoms with Gasteiger partial charge in [-0.2, -0.15) is 0 Å². The van der Waals surface area contributed by atoms with E-state index < -0.39 is 0 Å². The first-order chi connectivity index (χ1) is 10.4. The molecule has 0 saturated heterocycles. The quantitative estimate of drug-likeness (QED) is 0.594. The predicted molar refractivity (Wildman–Crippen MR) is 94.7 cm³/mol. The molecule has 0 unspecified atom stereocenters. The first-order valence-electron chi connectivity index (χ1n) is 8.33. The molecule has 0 N–H and O–H groups in total. The molecule has 1 nitrogen and oxygen atoms in total. The summed E-state index contributed by atoms with van der Waals surface area (Å²) >= 11 is 0. The Labute approximate surface area is 135 Å². The van der Waals surface area contributed by atoms with E-state index in [0.29, 0.717) is 11.8 Å². The zero-order chi connectivity index (χ0) is 16.2. The molecule has 2 aliphatic rings. The lowest BCUT2D eigenvalue weighted by Crippen LogP contribution is -2.19. The van der Waals surface area contributed by atoms with E-state index >= 15 is 0 Å². The van der Waals surface area contributed by atoms with Gasteiger partial charge in [0, 0.05) is 6.42 Å². The predicted octanol–water partition coefficient (Wildman–Crippen LogP) is 5.86. The van der Waals surface area contributed by atoms with Gasteiger partial charge >= 0.3 is 0 Å². The van der Waals surface area contributed by atoms with Crippen LogP contribution in [0.15, 0.2) is 58.2 Å². The minimum Gasteiger partial charge on any atom is -0.303 e. The van der Waals surface area contributed by atoms with Gasteiger partial charge in [0.05, 0.1) is 0 Å². The van der Waals surface area contributed by atoms with Crippen LogP contribution in [0.3, 0.4) is 0 Å². The van der Waals surface area contributed by atoms with Crippen LogP contribution in [0.2, 0.25) is 0 Å². The van der Waals surface area contributed by atoms with Gasteiger partial charge in [-0.1, -0.05) is 49.8 Å². The highest BCUT2D eigenvalue weighted by Crippen LogP contribution is 2.40. The van der Waals surface area contributed by atoms with Crippen LogP contribution in [0.5, 0.6) is 0 Å². The topological polar surface area (TPSA) is 17.1 Å². The molecule has 1 heteroatoms. The van der Waals surface area contributed by atoms with Crippen molar-refractivity contribution in [1.29, 1.82) is 0 Å². The monoisotopic (exact) mass is 296 g/mol. The lowest BCUT2D eigenvalue weighted by Gasteiger charge is -2.33. The molecule has 0 atom stereocenters. The van der Waals surface area contributed by atoms with Crippen LogP contribution in [0, 0.1) is 5.41 Å². The second-order valence-corrected chi connectivity index (χ2v) is 7.16. The largest absolute Gasteiger partial charge is 0.303 e. The molecule has 2 rings (SSSR count). The van der Waals surface area contributed by atoms with Crippen LogP contribution in [-0.2, 0) is 4.79 Å². The van der Waals surface area contributed by atoms with Gasteiger partial charge in [0.1, 0.15) is 6.29 Å². The van der Waals surface area contributed by atoms with Crippen LogP contribution in [0.25, 0.3) is 0 Å². The number of allylic oxidation sites excluding steroid dienone is 10. The fourth-order valence-corrected chi connectivity index (χ4v) is 3.45. The lowest BCUT2D eigenvalue weighted by atomic mass is 9.72. The summed E-state index contributed by atoms with van der Waals surface area (Å²) < 4.78 is 0. The Hall–Kier alpha value is -1.63. The van der Waals surface area contributed by atoms with Crippen molar-refractivity contribution in [3.8, 4) is 0 Å². The van der Waals surface area contributed by atoms with Gasteiger partial charge in [-0.05, 0) is 67.2 Å². The fraction of sp³-hybridized carbons (Fsp3) is 0.476. The SMILES string of the molecule is CC(/C=C/C1=C(C)CCCC1(C)C)=C1C=CC(CC=O)=CC1. The second-order valence-electron chi connectivity index (χ2n) is 7.16. The highest BCUT2D eigenvalue weighted by atomic mass is 16.1. The Balaban J connectivity index is 2.15. The van der Waals surface area contributed by atoms with Crippen LogP contribution in [0.1, 0.15) is 59.8 Å². The number of hydrogen-bond donors (Lipinski definition) is 0. The first kappa shape index (κ1) is 16.7. The molecule has 0 aromatic rings. The van der Waals surface area contributed by atoms with Crippen molar-refractivity contribution in [2.45, 2.75) is 59.8 Å². The third-order valence-electron chi connectivity index (χ3n) is 4.95. The summed E-state index contributed by atoms with van der Waals surface area (Å²) in [5, 5.41) is 0. The summed E-state index contributed by atoms with van der Waals surface area (Å²) in [6.45, 7) is 9.16. The van der Waals surface area contributed by atoms with Crippen molar-refractivity contribution in [3.63, 3.8) is 0 Å².